The van der Waals surface area contributed by atoms with Crippen LogP contribution in [0.15, 0.2) is 71.0 Å². The quantitative estimate of drug-likeness (QED) is 0.676. The van der Waals surface area contributed by atoms with Crippen molar-refractivity contribution in [3.63, 3.8) is 0 Å². The van der Waals surface area contributed by atoms with Crippen LogP contribution in [0.4, 0.5) is 5.69 Å². The molecule has 1 aliphatic heterocycles. The third-order valence-corrected chi connectivity index (χ3v) is 6.57. The fourth-order valence-corrected chi connectivity index (χ4v) is 5.01. The molecular weight excluding hydrogens is 376 g/mol. The first kappa shape index (κ1) is 18.3. The maximum atomic E-state index is 13.2. The summed E-state index contributed by atoms with van der Waals surface area (Å²) < 4.78 is 32.7. The van der Waals surface area contributed by atoms with Crippen molar-refractivity contribution in [3.05, 3.63) is 72.1 Å². The van der Waals surface area contributed by atoms with Crippen molar-refractivity contribution in [2.24, 2.45) is 0 Å². The third-order valence-electron chi connectivity index (χ3n) is 4.69. The van der Waals surface area contributed by atoms with Gasteiger partial charge in [-0.3, -0.25) is 4.79 Å². The first-order chi connectivity index (χ1) is 13.5. The molecule has 4 rings (SSSR count). The van der Waals surface area contributed by atoms with Gasteiger partial charge in [-0.2, -0.15) is 0 Å². The predicted octanol–water partition coefficient (Wildman–Crippen LogP) is 4.19. The maximum absolute atomic E-state index is 13.2. The van der Waals surface area contributed by atoms with Crippen LogP contribution < -0.4 is 5.32 Å². The molecule has 2 heterocycles. The van der Waals surface area contributed by atoms with Crippen LogP contribution >= 0.6 is 0 Å². The Bertz CT molecular complexity index is 1160. The molecule has 1 amide bonds. The van der Waals surface area contributed by atoms with Crippen molar-refractivity contribution in [1.29, 1.82) is 0 Å². The minimum absolute atomic E-state index is 0.0153. The number of amides is 1. The third kappa shape index (κ3) is 3.07. The fourth-order valence-electron chi connectivity index (χ4n) is 3.28. The van der Waals surface area contributed by atoms with Gasteiger partial charge in [0.05, 0.1) is 6.26 Å². The Morgan fingerprint density at radius 3 is 2.61 bits per heavy atom. The Hall–Kier alpha value is -3.06. The van der Waals surface area contributed by atoms with E-state index in [2.05, 4.69) is 5.32 Å². The van der Waals surface area contributed by atoms with Crippen LogP contribution in [0.5, 0.6) is 0 Å². The highest BCUT2D eigenvalue weighted by atomic mass is 32.2. The van der Waals surface area contributed by atoms with Crippen molar-refractivity contribution in [3.8, 4) is 0 Å². The van der Waals surface area contributed by atoms with Gasteiger partial charge in [-0.05, 0) is 36.2 Å². The topological polar surface area (TPSA) is 79.6 Å². The van der Waals surface area contributed by atoms with E-state index >= 15 is 0 Å². The van der Waals surface area contributed by atoms with E-state index in [0.29, 0.717) is 17.7 Å². The van der Waals surface area contributed by atoms with E-state index in [-0.39, 0.29) is 17.1 Å². The molecule has 0 spiro atoms. The number of hydrogen-bond donors (Lipinski definition) is 1. The number of nitrogens with one attached hydrogen (secondary N) is 1. The number of anilines is 1. The minimum atomic E-state index is -3.92. The highest BCUT2D eigenvalue weighted by Crippen LogP contribution is 2.36. The van der Waals surface area contributed by atoms with Gasteiger partial charge in [0.2, 0.25) is 0 Å². The molecule has 0 bridgehead atoms. The van der Waals surface area contributed by atoms with E-state index in [1.807, 2.05) is 25.1 Å². The van der Waals surface area contributed by atoms with E-state index in [1.165, 1.54) is 0 Å². The average Bonchev–Trinajstić information content (AvgIpc) is 3.22. The van der Waals surface area contributed by atoms with Gasteiger partial charge in [-0.15, -0.1) is 0 Å². The number of carbonyl (C=O) groups is 1. The molecule has 6 nitrogen and oxygen atoms in total. The van der Waals surface area contributed by atoms with Crippen molar-refractivity contribution in [2.45, 2.75) is 19.8 Å². The number of furan rings is 1. The first-order valence-corrected chi connectivity index (χ1v) is 10.6. The molecular formula is C21H20N2O4S. The number of unbranched alkanes of at least 4 members (excludes halogenated alkanes) is 1. The number of rotatable bonds is 6. The lowest BCUT2D eigenvalue weighted by molar-refractivity contribution is -0.122. The van der Waals surface area contributed by atoms with Crippen LogP contribution in [0.25, 0.3) is 15.9 Å². The summed E-state index contributed by atoms with van der Waals surface area (Å²) in [7, 11) is -3.92. The molecule has 0 atom stereocenters. The van der Waals surface area contributed by atoms with Gasteiger partial charge in [-0.1, -0.05) is 43.7 Å². The SMILES string of the molecule is CCCCN1C(=O)C(Nc2ccc3occc3c2)=C(c2ccccc2)S1(=O)=O. The lowest BCUT2D eigenvalue weighted by atomic mass is 10.1. The average molecular weight is 396 g/mol. The number of benzene rings is 2. The molecule has 0 aliphatic carbocycles. The van der Waals surface area contributed by atoms with Crippen LogP contribution in [0, 0.1) is 0 Å². The molecule has 0 unspecified atom stereocenters. The zero-order valence-electron chi connectivity index (χ0n) is 15.4. The number of fused-ring (bicyclic) bond motifs is 1. The van der Waals surface area contributed by atoms with Crippen LogP contribution in [0.2, 0.25) is 0 Å². The normalized spacial score (nSPS) is 16.2. The van der Waals surface area contributed by atoms with E-state index in [9.17, 15) is 13.2 Å². The lowest BCUT2D eigenvalue weighted by Crippen LogP contribution is -2.33. The number of sulfonamides is 1. The summed E-state index contributed by atoms with van der Waals surface area (Å²) >= 11 is 0. The molecule has 0 saturated heterocycles. The Kier molecular flexibility index (Phi) is 4.68. The van der Waals surface area contributed by atoms with Gasteiger partial charge in [0.25, 0.3) is 15.9 Å². The molecule has 144 valence electrons. The first-order valence-electron chi connectivity index (χ1n) is 9.13. The Morgan fingerprint density at radius 2 is 1.86 bits per heavy atom. The van der Waals surface area contributed by atoms with Gasteiger partial charge < -0.3 is 9.73 Å². The fraction of sp³-hybridized carbons (Fsp3) is 0.190. The zero-order chi connectivity index (χ0) is 19.7. The van der Waals surface area contributed by atoms with E-state index < -0.39 is 15.9 Å². The maximum Gasteiger partial charge on any atom is 0.285 e. The second-order valence-electron chi connectivity index (χ2n) is 6.60. The molecule has 0 radical (unpaired) electrons. The molecule has 1 N–H and O–H groups in total. The van der Waals surface area contributed by atoms with Crippen molar-refractivity contribution < 1.29 is 17.6 Å². The van der Waals surface area contributed by atoms with Crippen LogP contribution in [0.1, 0.15) is 25.3 Å². The standard InChI is InChI=1S/C21H20N2O4S/c1-2-3-12-23-21(24)19(20(28(23,25)26)15-7-5-4-6-8-15)22-17-9-10-18-16(14-17)11-13-27-18/h4-11,13-14,22H,2-3,12H2,1H3. The largest absolute Gasteiger partial charge is 0.464 e. The summed E-state index contributed by atoms with van der Waals surface area (Å²) in [5, 5.41) is 3.91. The van der Waals surface area contributed by atoms with Gasteiger partial charge in [0, 0.05) is 17.6 Å². The minimum Gasteiger partial charge on any atom is -0.464 e. The van der Waals surface area contributed by atoms with E-state index in [1.54, 1.807) is 42.7 Å². The van der Waals surface area contributed by atoms with E-state index in [4.69, 9.17) is 4.42 Å². The Morgan fingerprint density at radius 1 is 1.07 bits per heavy atom. The van der Waals surface area contributed by atoms with Crippen LogP contribution in [-0.2, 0) is 14.8 Å². The highest BCUT2D eigenvalue weighted by molar-refractivity contribution is 7.99. The van der Waals surface area contributed by atoms with Crippen LogP contribution in [-0.4, -0.2) is 25.2 Å². The molecule has 7 heteroatoms. The predicted molar refractivity (Wildman–Crippen MR) is 109 cm³/mol. The molecule has 28 heavy (non-hydrogen) atoms. The molecule has 1 aromatic heterocycles. The monoisotopic (exact) mass is 396 g/mol. The highest BCUT2D eigenvalue weighted by Gasteiger charge is 2.44. The van der Waals surface area contributed by atoms with Crippen LogP contribution in [0.3, 0.4) is 0 Å². The van der Waals surface area contributed by atoms with Crippen molar-refractivity contribution in [1.82, 2.24) is 4.31 Å². The summed E-state index contributed by atoms with van der Waals surface area (Å²) in [6.07, 6.45) is 2.99. The van der Waals surface area contributed by atoms with Gasteiger partial charge in [0.15, 0.2) is 0 Å². The van der Waals surface area contributed by atoms with Crippen molar-refractivity contribution in [2.75, 3.05) is 11.9 Å². The van der Waals surface area contributed by atoms with Gasteiger partial charge in [-0.25, -0.2) is 12.7 Å². The Balaban J connectivity index is 1.82. The second-order valence-corrected chi connectivity index (χ2v) is 8.40. The van der Waals surface area contributed by atoms with Gasteiger partial charge in [0.1, 0.15) is 16.2 Å². The number of hydrogen-bond acceptors (Lipinski definition) is 5. The zero-order valence-corrected chi connectivity index (χ0v) is 16.2. The number of carbonyl (C=O) groups excluding carboxylic acids is 1. The Labute approximate surface area is 163 Å². The molecule has 0 saturated carbocycles. The second kappa shape index (κ2) is 7.16. The summed E-state index contributed by atoms with van der Waals surface area (Å²) in [6.45, 7) is 2.12. The molecule has 1 aliphatic rings. The molecule has 3 aromatic rings. The number of nitrogens with zero attached hydrogens (tertiary/aromatic N) is 1. The summed E-state index contributed by atoms with van der Waals surface area (Å²) in [6, 6.07) is 15.9. The smallest absolute Gasteiger partial charge is 0.285 e. The summed E-state index contributed by atoms with van der Waals surface area (Å²) in [5.41, 5.74) is 1.91. The molecule has 2 aromatic carbocycles. The van der Waals surface area contributed by atoms with Gasteiger partial charge >= 0.3 is 0 Å². The summed E-state index contributed by atoms with van der Waals surface area (Å²) in [4.78, 5) is 13.1. The van der Waals surface area contributed by atoms with E-state index in [0.717, 1.165) is 21.7 Å². The lowest BCUT2D eigenvalue weighted by Gasteiger charge is -2.16. The van der Waals surface area contributed by atoms with Crippen molar-refractivity contribution >= 4 is 37.5 Å². The molecule has 0 fully saturated rings. The summed E-state index contributed by atoms with van der Waals surface area (Å²) in [5.74, 6) is -0.528.